The van der Waals surface area contributed by atoms with Gasteiger partial charge in [0.1, 0.15) is 23.1 Å². The maximum absolute atomic E-state index is 13.2. The van der Waals surface area contributed by atoms with Gasteiger partial charge in [0.15, 0.2) is 0 Å². The summed E-state index contributed by atoms with van der Waals surface area (Å²) in [6.07, 6.45) is 1.97. The first kappa shape index (κ1) is 21.1. The lowest BCUT2D eigenvalue weighted by molar-refractivity contribution is -0.118. The number of carbonyl (C=O) groups excluding carboxylic acids is 2. The number of nitrogens with zero attached hydrogens (tertiary/aromatic N) is 4. The van der Waals surface area contributed by atoms with Gasteiger partial charge in [-0.25, -0.2) is 9.97 Å². The van der Waals surface area contributed by atoms with Crippen LogP contribution >= 0.6 is 0 Å². The molecule has 0 bridgehead atoms. The number of amides is 2. The molecule has 3 heterocycles. The zero-order valence-electron chi connectivity index (χ0n) is 18.8. The fraction of sp³-hybridized carbons (Fsp3) is 0.308. The summed E-state index contributed by atoms with van der Waals surface area (Å²) in [6.45, 7) is 3.17. The smallest absolute Gasteiger partial charge is 0.254 e. The second kappa shape index (κ2) is 8.65. The van der Waals surface area contributed by atoms with E-state index in [2.05, 4.69) is 0 Å². The molecule has 0 unspecified atom stereocenters. The highest BCUT2D eigenvalue weighted by Gasteiger charge is 2.32. The van der Waals surface area contributed by atoms with E-state index in [0.717, 1.165) is 23.4 Å². The van der Waals surface area contributed by atoms with Crippen molar-refractivity contribution in [2.24, 2.45) is 0 Å². The highest BCUT2D eigenvalue weighted by atomic mass is 16.5. The summed E-state index contributed by atoms with van der Waals surface area (Å²) in [7, 11) is 1.77. The van der Waals surface area contributed by atoms with Gasteiger partial charge in [0.25, 0.3) is 5.91 Å². The molecule has 2 aliphatic heterocycles. The van der Waals surface area contributed by atoms with Crippen LogP contribution in [0.25, 0.3) is 0 Å². The number of carbonyl (C=O) groups is 2. The maximum Gasteiger partial charge on any atom is 0.254 e. The third-order valence-corrected chi connectivity index (χ3v) is 6.39. The zero-order valence-corrected chi connectivity index (χ0v) is 18.8. The minimum atomic E-state index is -0.0296. The van der Waals surface area contributed by atoms with E-state index in [0.29, 0.717) is 48.9 Å². The number of fused-ring (bicyclic) bond motifs is 1. The molecule has 33 heavy (non-hydrogen) atoms. The van der Waals surface area contributed by atoms with Gasteiger partial charge in [0.05, 0.1) is 0 Å². The van der Waals surface area contributed by atoms with Crippen molar-refractivity contribution in [2.75, 3.05) is 25.0 Å². The molecular formula is C26H26N4O3. The number of likely N-dealkylation sites (tertiary alicyclic amines) is 1. The van der Waals surface area contributed by atoms with Crippen molar-refractivity contribution in [1.82, 2.24) is 14.9 Å². The minimum absolute atomic E-state index is 0.0296. The van der Waals surface area contributed by atoms with Gasteiger partial charge in [-0.2, -0.15) is 0 Å². The first-order valence-electron chi connectivity index (χ1n) is 11.3. The number of ether oxygens (including phenoxy) is 1. The standard InChI is InChI=1S/C26H26N4O3/c1-17-22-11-12-23(31)29(2)25(22)28-24(27-17)19-13-14-30(16-19)26(32)18-7-6-10-21(15-18)33-20-8-4-3-5-9-20/h3-10,15,19H,11-14,16H2,1-2H3/t19-/m0/s1. The normalized spacial score (nSPS) is 17.8. The van der Waals surface area contributed by atoms with Gasteiger partial charge in [-0.1, -0.05) is 24.3 Å². The average Bonchev–Trinajstić information content (AvgIpc) is 3.32. The summed E-state index contributed by atoms with van der Waals surface area (Å²) < 4.78 is 5.88. The van der Waals surface area contributed by atoms with Crippen molar-refractivity contribution in [3.8, 4) is 11.5 Å². The van der Waals surface area contributed by atoms with Gasteiger partial charge in [0.2, 0.25) is 5.91 Å². The van der Waals surface area contributed by atoms with Crippen molar-refractivity contribution < 1.29 is 14.3 Å². The number of hydrogen-bond donors (Lipinski definition) is 0. The molecule has 1 aromatic heterocycles. The van der Waals surface area contributed by atoms with E-state index in [9.17, 15) is 9.59 Å². The highest BCUT2D eigenvalue weighted by molar-refractivity contribution is 5.95. The lowest BCUT2D eigenvalue weighted by Crippen LogP contribution is -2.33. The van der Waals surface area contributed by atoms with Crippen LogP contribution in [0.1, 0.15) is 46.2 Å². The monoisotopic (exact) mass is 442 g/mol. The topological polar surface area (TPSA) is 75.6 Å². The number of benzene rings is 2. The predicted octanol–water partition coefficient (Wildman–Crippen LogP) is 4.12. The molecule has 3 aromatic rings. The third-order valence-electron chi connectivity index (χ3n) is 6.39. The van der Waals surface area contributed by atoms with Crippen molar-refractivity contribution in [1.29, 1.82) is 0 Å². The van der Waals surface area contributed by atoms with Crippen LogP contribution < -0.4 is 9.64 Å². The molecule has 5 rings (SSSR count). The maximum atomic E-state index is 13.2. The lowest BCUT2D eigenvalue weighted by Gasteiger charge is -2.26. The zero-order chi connectivity index (χ0) is 22.9. The van der Waals surface area contributed by atoms with Crippen LogP contribution in [0.3, 0.4) is 0 Å². The summed E-state index contributed by atoms with van der Waals surface area (Å²) in [5, 5.41) is 0. The molecule has 1 fully saturated rings. The molecule has 0 N–H and O–H groups in total. The van der Waals surface area contributed by atoms with Gasteiger partial charge in [-0.3, -0.25) is 14.5 Å². The highest BCUT2D eigenvalue weighted by Crippen LogP contribution is 2.32. The number of aryl methyl sites for hydroxylation is 1. The molecule has 2 aromatic carbocycles. The van der Waals surface area contributed by atoms with Crippen LogP contribution in [0.15, 0.2) is 54.6 Å². The Hall–Kier alpha value is -3.74. The number of anilines is 1. The van der Waals surface area contributed by atoms with Gasteiger partial charge >= 0.3 is 0 Å². The SMILES string of the molecule is Cc1nc([C@H]2CCN(C(=O)c3cccc(Oc4ccccc4)c3)C2)nc2c1CCC(=O)N2C. The molecular weight excluding hydrogens is 416 g/mol. The molecule has 168 valence electrons. The quantitative estimate of drug-likeness (QED) is 0.608. The number of para-hydroxylation sites is 1. The molecule has 1 atom stereocenters. The minimum Gasteiger partial charge on any atom is -0.457 e. The Morgan fingerprint density at radius 2 is 1.82 bits per heavy atom. The van der Waals surface area contributed by atoms with E-state index >= 15 is 0 Å². The average molecular weight is 443 g/mol. The van der Waals surface area contributed by atoms with E-state index in [4.69, 9.17) is 14.7 Å². The summed E-state index contributed by atoms with van der Waals surface area (Å²) in [6, 6.07) is 16.8. The Labute approximate surface area is 193 Å². The van der Waals surface area contributed by atoms with Gasteiger partial charge in [0, 0.05) is 49.3 Å². The number of hydrogen-bond acceptors (Lipinski definition) is 5. The van der Waals surface area contributed by atoms with Crippen molar-refractivity contribution in [2.45, 2.75) is 32.1 Å². The van der Waals surface area contributed by atoms with Crippen LogP contribution in [-0.4, -0.2) is 46.8 Å². The number of rotatable bonds is 4. The first-order chi connectivity index (χ1) is 16.0. The van der Waals surface area contributed by atoms with E-state index in [1.165, 1.54) is 0 Å². The Bertz CT molecular complexity index is 1210. The van der Waals surface area contributed by atoms with Crippen molar-refractivity contribution >= 4 is 17.6 Å². The second-order valence-corrected chi connectivity index (χ2v) is 8.60. The lowest BCUT2D eigenvalue weighted by atomic mass is 10.0. The summed E-state index contributed by atoms with van der Waals surface area (Å²) in [5.74, 6) is 2.88. The third kappa shape index (κ3) is 4.18. The molecule has 0 aliphatic carbocycles. The van der Waals surface area contributed by atoms with Crippen LogP contribution in [0.5, 0.6) is 11.5 Å². The van der Waals surface area contributed by atoms with Crippen LogP contribution in [0, 0.1) is 6.92 Å². The molecule has 2 aliphatic rings. The van der Waals surface area contributed by atoms with Crippen LogP contribution in [-0.2, 0) is 11.2 Å². The number of aromatic nitrogens is 2. The van der Waals surface area contributed by atoms with Gasteiger partial charge in [-0.15, -0.1) is 0 Å². The Kier molecular flexibility index (Phi) is 5.54. The van der Waals surface area contributed by atoms with Crippen LogP contribution in [0.4, 0.5) is 5.82 Å². The van der Waals surface area contributed by atoms with Gasteiger partial charge < -0.3 is 9.64 Å². The van der Waals surface area contributed by atoms with E-state index < -0.39 is 0 Å². The molecule has 0 saturated carbocycles. The molecule has 0 spiro atoms. The van der Waals surface area contributed by atoms with E-state index in [1.54, 1.807) is 18.0 Å². The van der Waals surface area contributed by atoms with Gasteiger partial charge in [-0.05, 0) is 50.1 Å². The largest absolute Gasteiger partial charge is 0.457 e. The second-order valence-electron chi connectivity index (χ2n) is 8.60. The van der Waals surface area contributed by atoms with E-state index in [1.807, 2.05) is 60.4 Å². The Morgan fingerprint density at radius 3 is 2.64 bits per heavy atom. The molecule has 1 saturated heterocycles. The van der Waals surface area contributed by atoms with Crippen molar-refractivity contribution in [3.63, 3.8) is 0 Å². The predicted molar refractivity (Wildman–Crippen MR) is 125 cm³/mol. The summed E-state index contributed by atoms with van der Waals surface area (Å²) in [4.78, 5) is 38.3. The fourth-order valence-electron chi connectivity index (χ4n) is 4.53. The first-order valence-corrected chi connectivity index (χ1v) is 11.3. The summed E-state index contributed by atoms with van der Waals surface area (Å²) >= 11 is 0. The molecule has 7 nitrogen and oxygen atoms in total. The fourth-order valence-corrected chi connectivity index (χ4v) is 4.53. The Balaban J connectivity index is 1.32. The van der Waals surface area contributed by atoms with Crippen LogP contribution in [0.2, 0.25) is 0 Å². The Morgan fingerprint density at radius 1 is 1.03 bits per heavy atom. The summed E-state index contributed by atoms with van der Waals surface area (Å²) in [5.41, 5.74) is 2.56. The molecule has 2 amide bonds. The van der Waals surface area contributed by atoms with E-state index in [-0.39, 0.29) is 17.7 Å². The molecule has 7 heteroatoms. The molecule has 0 radical (unpaired) electrons. The van der Waals surface area contributed by atoms with Crippen molar-refractivity contribution in [3.05, 3.63) is 77.2 Å².